The second kappa shape index (κ2) is 3.99. The van der Waals surface area contributed by atoms with Gasteiger partial charge in [0.05, 0.1) is 6.26 Å². The van der Waals surface area contributed by atoms with Gasteiger partial charge in [0.2, 0.25) is 10.0 Å². The highest BCUT2D eigenvalue weighted by atomic mass is 32.2. The van der Waals surface area contributed by atoms with Gasteiger partial charge in [-0.05, 0) is 12.8 Å². The first-order valence-corrected chi connectivity index (χ1v) is 7.16. The van der Waals surface area contributed by atoms with E-state index in [0.29, 0.717) is 32.6 Å². The fraction of sp³-hybridized carbons (Fsp3) is 1.00. The maximum Gasteiger partial charge on any atom is 0.211 e. The second-order valence-electron chi connectivity index (χ2n) is 4.36. The molecule has 0 spiro atoms. The zero-order valence-electron chi connectivity index (χ0n) is 8.89. The Balaban J connectivity index is 1.87. The van der Waals surface area contributed by atoms with Gasteiger partial charge in [0, 0.05) is 32.2 Å². The number of sulfonamides is 1. The summed E-state index contributed by atoms with van der Waals surface area (Å²) in [6.07, 6.45) is 2.11. The fourth-order valence-electron chi connectivity index (χ4n) is 2.22. The summed E-state index contributed by atoms with van der Waals surface area (Å²) < 4.78 is 37.1. The highest BCUT2D eigenvalue weighted by Crippen LogP contribution is 2.29. The van der Waals surface area contributed by atoms with Crippen molar-refractivity contribution in [3.05, 3.63) is 0 Å². The highest BCUT2D eigenvalue weighted by molar-refractivity contribution is 7.88. The predicted octanol–water partition coefficient (Wildman–Crippen LogP) is 0.0641. The fourth-order valence-corrected chi connectivity index (χ4v) is 3.05. The Bertz CT molecular complexity index is 325. The number of rotatable bonds is 2. The van der Waals surface area contributed by atoms with Crippen molar-refractivity contribution in [3.8, 4) is 0 Å². The number of alkyl halides is 1. The molecule has 2 aliphatic rings. The number of hydrogen-bond acceptors (Lipinski definition) is 3. The van der Waals surface area contributed by atoms with E-state index in [0.717, 1.165) is 6.42 Å². The van der Waals surface area contributed by atoms with Crippen LogP contribution in [0.2, 0.25) is 0 Å². The lowest BCUT2D eigenvalue weighted by Crippen LogP contribution is -2.56. The van der Waals surface area contributed by atoms with Crippen LogP contribution in [0.1, 0.15) is 12.8 Å². The van der Waals surface area contributed by atoms with Crippen molar-refractivity contribution >= 4 is 10.0 Å². The van der Waals surface area contributed by atoms with Crippen LogP contribution in [0.15, 0.2) is 0 Å². The average molecular weight is 236 g/mol. The molecule has 1 aliphatic carbocycles. The number of piperazine rings is 1. The molecular weight excluding hydrogens is 219 g/mol. The van der Waals surface area contributed by atoms with E-state index in [2.05, 4.69) is 4.90 Å². The molecule has 0 N–H and O–H groups in total. The molecule has 2 rings (SSSR count). The molecule has 1 saturated carbocycles. The van der Waals surface area contributed by atoms with Crippen LogP contribution in [0, 0.1) is 0 Å². The van der Waals surface area contributed by atoms with Gasteiger partial charge in [-0.25, -0.2) is 12.8 Å². The van der Waals surface area contributed by atoms with E-state index in [-0.39, 0.29) is 6.04 Å². The Kier molecular flexibility index (Phi) is 3.00. The van der Waals surface area contributed by atoms with Gasteiger partial charge in [0.15, 0.2) is 0 Å². The van der Waals surface area contributed by atoms with E-state index in [9.17, 15) is 12.8 Å². The van der Waals surface area contributed by atoms with Gasteiger partial charge in [-0.3, -0.25) is 4.90 Å². The van der Waals surface area contributed by atoms with E-state index >= 15 is 0 Å². The lowest BCUT2D eigenvalue weighted by atomic mass is 9.89. The number of halogens is 1. The lowest BCUT2D eigenvalue weighted by molar-refractivity contribution is 0.0167. The normalized spacial score (nSPS) is 35.1. The van der Waals surface area contributed by atoms with Gasteiger partial charge >= 0.3 is 0 Å². The van der Waals surface area contributed by atoms with Gasteiger partial charge in [0.25, 0.3) is 0 Å². The molecule has 1 saturated heterocycles. The Morgan fingerprint density at radius 1 is 1.13 bits per heavy atom. The Morgan fingerprint density at radius 3 is 2.07 bits per heavy atom. The molecule has 6 heteroatoms. The summed E-state index contributed by atoms with van der Waals surface area (Å²) in [6, 6.07) is 0.0479. The first kappa shape index (κ1) is 11.3. The zero-order chi connectivity index (χ0) is 11.1. The number of nitrogens with zero attached hydrogens (tertiary/aromatic N) is 2. The van der Waals surface area contributed by atoms with Crippen molar-refractivity contribution in [1.29, 1.82) is 0 Å². The van der Waals surface area contributed by atoms with Crippen LogP contribution in [0.3, 0.4) is 0 Å². The zero-order valence-corrected chi connectivity index (χ0v) is 9.71. The van der Waals surface area contributed by atoms with Crippen LogP contribution in [0.25, 0.3) is 0 Å². The average Bonchev–Trinajstić information content (AvgIpc) is 2.15. The molecule has 2 atom stereocenters. The summed E-state index contributed by atoms with van der Waals surface area (Å²) in [5.74, 6) is 0. The first-order chi connectivity index (χ1) is 6.98. The molecule has 0 radical (unpaired) electrons. The summed E-state index contributed by atoms with van der Waals surface area (Å²) in [4.78, 5) is 2.08. The molecule has 2 unspecified atom stereocenters. The topological polar surface area (TPSA) is 40.6 Å². The molecule has 88 valence electrons. The Hall–Kier alpha value is -0.200. The summed E-state index contributed by atoms with van der Waals surface area (Å²) in [5.41, 5.74) is 0. The minimum atomic E-state index is -3.06. The van der Waals surface area contributed by atoms with Gasteiger partial charge in [-0.2, -0.15) is 4.31 Å². The number of hydrogen-bond donors (Lipinski definition) is 0. The molecule has 1 heterocycles. The maximum atomic E-state index is 13.1. The van der Waals surface area contributed by atoms with Crippen molar-refractivity contribution in [2.24, 2.45) is 0 Å². The molecular formula is C9H17FN2O2S. The highest BCUT2D eigenvalue weighted by Gasteiger charge is 2.37. The monoisotopic (exact) mass is 236 g/mol. The van der Waals surface area contributed by atoms with Crippen LogP contribution >= 0.6 is 0 Å². The summed E-state index contributed by atoms with van der Waals surface area (Å²) in [7, 11) is -3.06. The molecule has 0 bridgehead atoms. The molecule has 0 aromatic carbocycles. The van der Waals surface area contributed by atoms with E-state index in [1.807, 2.05) is 0 Å². The third kappa shape index (κ3) is 2.32. The summed E-state index contributed by atoms with van der Waals surface area (Å²) in [5, 5.41) is 0. The molecule has 2 fully saturated rings. The predicted molar refractivity (Wildman–Crippen MR) is 55.9 cm³/mol. The summed E-state index contributed by atoms with van der Waals surface area (Å²) >= 11 is 0. The lowest BCUT2D eigenvalue weighted by Gasteiger charge is -2.44. The quantitative estimate of drug-likeness (QED) is 0.681. The molecule has 0 aromatic rings. The van der Waals surface area contributed by atoms with Crippen LogP contribution in [-0.2, 0) is 10.0 Å². The second-order valence-corrected chi connectivity index (χ2v) is 6.34. The smallest absolute Gasteiger partial charge is 0.211 e. The Morgan fingerprint density at radius 2 is 1.73 bits per heavy atom. The third-order valence-corrected chi connectivity index (χ3v) is 4.67. The van der Waals surface area contributed by atoms with E-state index in [1.165, 1.54) is 10.6 Å². The van der Waals surface area contributed by atoms with Crippen molar-refractivity contribution in [2.75, 3.05) is 32.4 Å². The van der Waals surface area contributed by atoms with Gasteiger partial charge in [-0.15, -0.1) is 0 Å². The largest absolute Gasteiger partial charge is 0.295 e. The van der Waals surface area contributed by atoms with Crippen molar-refractivity contribution in [1.82, 2.24) is 9.21 Å². The van der Waals surface area contributed by atoms with Gasteiger partial charge in [-0.1, -0.05) is 0 Å². The SMILES string of the molecule is CS(=O)(=O)N1CCN(C2CCC2F)CC1. The van der Waals surface area contributed by atoms with E-state index < -0.39 is 16.2 Å². The van der Waals surface area contributed by atoms with Crippen molar-refractivity contribution < 1.29 is 12.8 Å². The molecule has 1 aliphatic heterocycles. The van der Waals surface area contributed by atoms with Crippen molar-refractivity contribution in [3.63, 3.8) is 0 Å². The molecule has 15 heavy (non-hydrogen) atoms. The minimum absolute atomic E-state index is 0.0479. The maximum absolute atomic E-state index is 13.1. The van der Waals surface area contributed by atoms with Crippen LogP contribution in [0.5, 0.6) is 0 Å². The minimum Gasteiger partial charge on any atom is -0.295 e. The Labute approximate surface area is 90.1 Å². The van der Waals surface area contributed by atoms with E-state index in [1.54, 1.807) is 0 Å². The molecule has 0 aromatic heterocycles. The summed E-state index contributed by atoms with van der Waals surface area (Å²) in [6.45, 7) is 2.33. The van der Waals surface area contributed by atoms with Crippen molar-refractivity contribution in [2.45, 2.75) is 25.1 Å². The van der Waals surface area contributed by atoms with Crippen LogP contribution in [-0.4, -0.2) is 62.3 Å². The van der Waals surface area contributed by atoms with E-state index in [4.69, 9.17) is 0 Å². The molecule has 0 amide bonds. The first-order valence-electron chi connectivity index (χ1n) is 5.32. The molecule has 4 nitrogen and oxygen atoms in total. The third-order valence-electron chi connectivity index (χ3n) is 3.37. The van der Waals surface area contributed by atoms with Crippen LogP contribution in [0.4, 0.5) is 4.39 Å². The van der Waals surface area contributed by atoms with Gasteiger partial charge < -0.3 is 0 Å². The van der Waals surface area contributed by atoms with Crippen LogP contribution < -0.4 is 0 Å². The standard InChI is InChI=1S/C9H17FN2O2S/c1-15(13,14)12-6-4-11(5-7-12)9-3-2-8(9)10/h8-9H,2-7H2,1H3. The van der Waals surface area contributed by atoms with Gasteiger partial charge in [0.1, 0.15) is 6.17 Å².